The van der Waals surface area contributed by atoms with Crippen molar-refractivity contribution in [2.24, 2.45) is 5.73 Å². The van der Waals surface area contributed by atoms with E-state index >= 15 is 0 Å². The largest absolute Gasteiger partial charge is 0.490 e. The van der Waals surface area contributed by atoms with Gasteiger partial charge in [0.1, 0.15) is 24.3 Å². The number of nitrogens with two attached hydrogens (primary N) is 1. The summed E-state index contributed by atoms with van der Waals surface area (Å²) in [4.78, 5) is 2.19. The van der Waals surface area contributed by atoms with Crippen LogP contribution in [0.4, 0.5) is 4.39 Å². The Balaban J connectivity index is 2.00. The molecule has 1 aromatic carbocycles. The minimum Gasteiger partial charge on any atom is -0.490 e. The first-order valence-electron chi connectivity index (χ1n) is 6.54. The lowest BCUT2D eigenvalue weighted by Crippen LogP contribution is -2.42. The number of likely N-dealkylation sites (N-methyl/N-ethyl adjacent to an activating group) is 1. The van der Waals surface area contributed by atoms with E-state index in [1.807, 2.05) is 14.0 Å². The van der Waals surface area contributed by atoms with Crippen molar-refractivity contribution < 1.29 is 13.9 Å². The quantitative estimate of drug-likeness (QED) is 0.900. The van der Waals surface area contributed by atoms with Gasteiger partial charge in [0.25, 0.3) is 0 Å². The van der Waals surface area contributed by atoms with Crippen LogP contribution in [0.25, 0.3) is 0 Å². The van der Waals surface area contributed by atoms with Crippen molar-refractivity contribution in [2.75, 3.05) is 33.4 Å². The van der Waals surface area contributed by atoms with Crippen LogP contribution >= 0.6 is 0 Å². The first-order valence-corrected chi connectivity index (χ1v) is 6.54. The second-order valence-electron chi connectivity index (χ2n) is 5.04. The van der Waals surface area contributed by atoms with Crippen LogP contribution < -0.4 is 10.5 Å². The molecule has 0 saturated carbocycles. The Morgan fingerprint density at radius 1 is 1.58 bits per heavy atom. The summed E-state index contributed by atoms with van der Waals surface area (Å²) in [5.41, 5.74) is 6.66. The molecular formula is C14H21FN2O2. The lowest BCUT2D eigenvalue weighted by molar-refractivity contribution is -0.0405. The number of ether oxygens (including phenoxy) is 2. The Morgan fingerprint density at radius 2 is 2.37 bits per heavy atom. The number of hydrogen-bond acceptors (Lipinski definition) is 4. The maximum Gasteiger partial charge on any atom is 0.127 e. The van der Waals surface area contributed by atoms with Crippen LogP contribution in [0.3, 0.4) is 0 Å². The van der Waals surface area contributed by atoms with E-state index in [1.165, 1.54) is 12.1 Å². The molecule has 1 heterocycles. The van der Waals surface area contributed by atoms with Gasteiger partial charge in [0.2, 0.25) is 0 Å². The number of rotatable bonds is 4. The summed E-state index contributed by atoms with van der Waals surface area (Å²) >= 11 is 0. The molecule has 19 heavy (non-hydrogen) atoms. The van der Waals surface area contributed by atoms with Crippen LogP contribution in [0.2, 0.25) is 0 Å². The summed E-state index contributed by atoms with van der Waals surface area (Å²) in [5, 5.41) is 0. The van der Waals surface area contributed by atoms with Crippen LogP contribution in [0.5, 0.6) is 5.75 Å². The summed E-state index contributed by atoms with van der Waals surface area (Å²) in [7, 11) is 2.05. The van der Waals surface area contributed by atoms with Crippen LogP contribution in [0.15, 0.2) is 18.2 Å². The van der Waals surface area contributed by atoms with Gasteiger partial charge in [-0.05, 0) is 20.0 Å². The topological polar surface area (TPSA) is 47.7 Å². The Morgan fingerprint density at radius 3 is 3.05 bits per heavy atom. The van der Waals surface area contributed by atoms with Crippen LogP contribution in [-0.4, -0.2) is 44.4 Å². The molecule has 1 aliphatic heterocycles. The van der Waals surface area contributed by atoms with E-state index in [0.717, 1.165) is 18.7 Å². The first kappa shape index (κ1) is 14.2. The van der Waals surface area contributed by atoms with E-state index in [9.17, 15) is 4.39 Å². The molecule has 0 amide bonds. The Kier molecular flexibility index (Phi) is 4.74. The molecule has 0 aliphatic carbocycles. The van der Waals surface area contributed by atoms with E-state index < -0.39 is 0 Å². The Hall–Kier alpha value is -1.17. The van der Waals surface area contributed by atoms with Gasteiger partial charge in [0.15, 0.2) is 0 Å². The van der Waals surface area contributed by atoms with Crippen molar-refractivity contribution in [2.45, 2.75) is 19.1 Å². The molecular weight excluding hydrogens is 247 g/mol. The minimum absolute atomic E-state index is 0.0166. The summed E-state index contributed by atoms with van der Waals surface area (Å²) in [5.74, 6) is 0.188. The molecule has 0 radical (unpaired) electrons. The van der Waals surface area contributed by atoms with Gasteiger partial charge in [0.05, 0.1) is 6.61 Å². The molecule has 2 atom stereocenters. The van der Waals surface area contributed by atoms with Crippen LogP contribution in [-0.2, 0) is 4.74 Å². The summed E-state index contributed by atoms with van der Waals surface area (Å²) in [6.45, 7) is 4.72. The Bertz CT molecular complexity index is 426. The molecule has 2 N–H and O–H groups in total. The zero-order valence-electron chi connectivity index (χ0n) is 11.4. The van der Waals surface area contributed by atoms with Gasteiger partial charge in [-0.1, -0.05) is 6.07 Å². The number of benzene rings is 1. The van der Waals surface area contributed by atoms with Gasteiger partial charge in [0, 0.05) is 30.8 Å². The van der Waals surface area contributed by atoms with E-state index in [0.29, 0.717) is 19.0 Å². The summed E-state index contributed by atoms with van der Waals surface area (Å²) in [6.07, 6.45) is 0.0166. The molecule has 0 bridgehead atoms. The van der Waals surface area contributed by atoms with Crippen molar-refractivity contribution in [1.82, 2.24) is 4.90 Å². The molecule has 1 fully saturated rings. The van der Waals surface area contributed by atoms with Gasteiger partial charge >= 0.3 is 0 Å². The maximum atomic E-state index is 13.3. The average Bonchev–Trinajstić information content (AvgIpc) is 2.36. The summed E-state index contributed by atoms with van der Waals surface area (Å²) < 4.78 is 24.6. The predicted octanol–water partition coefficient (Wildman–Crippen LogP) is 1.55. The third-order valence-electron chi connectivity index (χ3n) is 3.23. The molecule has 4 nitrogen and oxygen atoms in total. The van der Waals surface area contributed by atoms with Crippen molar-refractivity contribution in [3.05, 3.63) is 29.6 Å². The zero-order chi connectivity index (χ0) is 13.8. The minimum atomic E-state index is -0.318. The molecule has 2 rings (SSSR count). The van der Waals surface area contributed by atoms with Crippen molar-refractivity contribution >= 4 is 0 Å². The standard InChI is InChI=1S/C14H21FN2O2/c1-10(16)13-4-3-11(15)7-14(13)19-9-12-8-17(2)5-6-18-12/h3-4,7,10,12H,5-6,8-9,16H2,1-2H3/t10-,12?/m0/s1. The molecule has 1 aromatic rings. The molecule has 0 spiro atoms. The highest BCUT2D eigenvalue weighted by Crippen LogP contribution is 2.25. The molecule has 5 heteroatoms. The second kappa shape index (κ2) is 6.32. The van der Waals surface area contributed by atoms with Gasteiger partial charge < -0.3 is 20.1 Å². The predicted molar refractivity (Wildman–Crippen MR) is 71.7 cm³/mol. The maximum absolute atomic E-state index is 13.3. The van der Waals surface area contributed by atoms with E-state index in [1.54, 1.807) is 6.07 Å². The third-order valence-corrected chi connectivity index (χ3v) is 3.23. The monoisotopic (exact) mass is 268 g/mol. The van der Waals surface area contributed by atoms with Gasteiger partial charge in [-0.25, -0.2) is 4.39 Å². The molecule has 1 unspecified atom stereocenters. The van der Waals surface area contributed by atoms with Gasteiger partial charge in [-0.2, -0.15) is 0 Å². The molecule has 1 saturated heterocycles. The number of nitrogens with zero attached hydrogens (tertiary/aromatic N) is 1. The fourth-order valence-electron chi connectivity index (χ4n) is 2.16. The fraction of sp³-hybridized carbons (Fsp3) is 0.571. The highest BCUT2D eigenvalue weighted by atomic mass is 19.1. The van der Waals surface area contributed by atoms with E-state index in [4.69, 9.17) is 15.2 Å². The smallest absolute Gasteiger partial charge is 0.127 e. The normalized spacial score (nSPS) is 22.2. The first-order chi connectivity index (χ1) is 9.06. The third kappa shape index (κ3) is 3.89. The van der Waals surface area contributed by atoms with Crippen molar-refractivity contribution in [3.8, 4) is 5.75 Å². The highest BCUT2D eigenvalue weighted by Gasteiger charge is 2.19. The van der Waals surface area contributed by atoms with Crippen molar-refractivity contribution in [3.63, 3.8) is 0 Å². The highest BCUT2D eigenvalue weighted by molar-refractivity contribution is 5.36. The summed E-state index contributed by atoms with van der Waals surface area (Å²) in [6, 6.07) is 4.26. The van der Waals surface area contributed by atoms with E-state index in [-0.39, 0.29) is 18.0 Å². The second-order valence-corrected chi connectivity index (χ2v) is 5.04. The fourth-order valence-corrected chi connectivity index (χ4v) is 2.16. The lowest BCUT2D eigenvalue weighted by Gasteiger charge is -2.30. The SMILES string of the molecule is C[C@H](N)c1ccc(F)cc1OCC1CN(C)CCO1. The van der Waals surface area contributed by atoms with E-state index in [2.05, 4.69) is 4.90 Å². The van der Waals surface area contributed by atoms with Crippen LogP contribution in [0.1, 0.15) is 18.5 Å². The number of morpholine rings is 1. The molecule has 0 aromatic heterocycles. The van der Waals surface area contributed by atoms with Gasteiger partial charge in [-0.15, -0.1) is 0 Å². The molecule has 106 valence electrons. The molecule has 1 aliphatic rings. The average molecular weight is 268 g/mol. The van der Waals surface area contributed by atoms with Crippen molar-refractivity contribution in [1.29, 1.82) is 0 Å². The number of hydrogen-bond donors (Lipinski definition) is 1. The lowest BCUT2D eigenvalue weighted by atomic mass is 10.1. The van der Waals surface area contributed by atoms with Crippen LogP contribution in [0, 0.1) is 5.82 Å². The van der Waals surface area contributed by atoms with Gasteiger partial charge in [-0.3, -0.25) is 0 Å². The Labute approximate surface area is 113 Å². The number of halogens is 1. The zero-order valence-corrected chi connectivity index (χ0v) is 11.4.